The molecule has 0 bridgehead atoms. The molecule has 1 fully saturated rings. The lowest BCUT2D eigenvalue weighted by molar-refractivity contribution is -0.109. The van der Waals surface area contributed by atoms with Crippen molar-refractivity contribution >= 4 is 30.8 Å². The number of ether oxygens (including phenoxy) is 1. The number of hydrogen-bond donors (Lipinski definition) is 1. The van der Waals surface area contributed by atoms with Crippen molar-refractivity contribution < 1.29 is 14.3 Å². The van der Waals surface area contributed by atoms with Gasteiger partial charge in [-0.2, -0.15) is 0 Å². The predicted molar refractivity (Wildman–Crippen MR) is 72.1 cm³/mol. The van der Waals surface area contributed by atoms with Crippen molar-refractivity contribution in [1.29, 1.82) is 0 Å². The van der Waals surface area contributed by atoms with Crippen LogP contribution in [0.15, 0.2) is 0 Å². The van der Waals surface area contributed by atoms with E-state index in [1.807, 2.05) is 20.8 Å². The number of carbonyl (C=O) groups is 2. The van der Waals surface area contributed by atoms with Gasteiger partial charge in [0.15, 0.2) is 0 Å². The van der Waals surface area contributed by atoms with Crippen LogP contribution >= 0.6 is 11.6 Å². The smallest absolute Gasteiger partial charge is 0.410 e. The van der Waals surface area contributed by atoms with E-state index in [4.69, 9.17) is 16.3 Å². The third kappa shape index (κ3) is 9.30. The summed E-state index contributed by atoms with van der Waals surface area (Å²) in [6.07, 6.45) is -0.268. The number of hydrogen-bond acceptors (Lipinski definition) is 4. The second-order valence-electron chi connectivity index (χ2n) is 4.78. The average molecular weight is 275 g/mol. The first-order chi connectivity index (χ1) is 8.26. The topological polar surface area (TPSA) is 58.6 Å². The van der Waals surface area contributed by atoms with Gasteiger partial charge in [0.2, 0.25) is 5.24 Å². The monoisotopic (exact) mass is 274 g/mol. The van der Waals surface area contributed by atoms with Gasteiger partial charge in [-0.3, -0.25) is 4.79 Å². The summed E-state index contributed by atoms with van der Waals surface area (Å²) in [5.41, 5.74) is -0.387. The maximum Gasteiger partial charge on any atom is 0.410 e. The molecule has 1 amide bonds. The lowest BCUT2D eigenvalue weighted by Crippen LogP contribution is -2.48. The Labute approximate surface area is 115 Å². The van der Waals surface area contributed by atoms with E-state index in [2.05, 4.69) is 13.2 Å². The molecule has 1 N–H and O–H groups in total. The summed E-state index contributed by atoms with van der Waals surface area (Å²) in [6.45, 7) is 8.86. The van der Waals surface area contributed by atoms with Crippen LogP contribution in [0.3, 0.4) is 0 Å². The molecule has 7 heteroatoms. The fraction of sp³-hybridized carbons (Fsp3) is 0.818. The molecule has 1 aliphatic rings. The van der Waals surface area contributed by atoms with Crippen LogP contribution in [0.5, 0.6) is 0 Å². The number of rotatable bonds is 1. The van der Waals surface area contributed by atoms with Gasteiger partial charge in [-0.05, 0) is 38.7 Å². The largest absolute Gasteiger partial charge is 0.444 e. The summed E-state index contributed by atoms with van der Waals surface area (Å²) in [6, 6.07) is 0. The van der Waals surface area contributed by atoms with Crippen molar-refractivity contribution in [3.05, 3.63) is 0 Å². The Kier molecular flexibility index (Phi) is 8.03. The molecule has 1 saturated heterocycles. The molecule has 0 atom stereocenters. The first-order valence-corrected chi connectivity index (χ1v) is 6.21. The van der Waals surface area contributed by atoms with E-state index in [9.17, 15) is 9.59 Å². The van der Waals surface area contributed by atoms with Crippen molar-refractivity contribution in [3.63, 3.8) is 0 Å². The minimum absolute atomic E-state index is 0.0679. The van der Waals surface area contributed by atoms with Gasteiger partial charge < -0.3 is 15.0 Å². The molecule has 0 aromatic heterocycles. The highest BCUT2D eigenvalue weighted by Crippen LogP contribution is 2.09. The van der Waals surface area contributed by atoms with Crippen LogP contribution in [0.1, 0.15) is 20.8 Å². The maximum absolute atomic E-state index is 11.5. The van der Waals surface area contributed by atoms with Crippen molar-refractivity contribution in [2.24, 2.45) is 0 Å². The lowest BCUT2D eigenvalue weighted by atomic mass is 10.1. The summed E-state index contributed by atoms with van der Waals surface area (Å²) in [4.78, 5) is 22.7. The van der Waals surface area contributed by atoms with Crippen molar-refractivity contribution in [1.82, 2.24) is 10.2 Å². The van der Waals surface area contributed by atoms with Gasteiger partial charge in [-0.15, -0.1) is 0 Å². The fourth-order valence-electron chi connectivity index (χ4n) is 1.17. The average Bonchev–Trinajstić information content (AvgIpc) is 2.29. The minimum Gasteiger partial charge on any atom is -0.444 e. The summed E-state index contributed by atoms with van der Waals surface area (Å²) < 4.78 is 5.24. The molecule has 0 aliphatic carbocycles. The Morgan fingerprint density at radius 1 is 1.33 bits per heavy atom. The highest BCUT2D eigenvalue weighted by atomic mass is 35.5. The highest BCUT2D eigenvalue weighted by molar-refractivity contribution is 6.66. The van der Waals surface area contributed by atoms with Crippen LogP contribution in [0, 0.1) is 0 Å². The Balaban J connectivity index is 0.000000494. The Bertz CT molecular complexity index is 276. The number of amides is 1. The SMILES string of the molecule is CC(C)(C)OC(=O)N1CCNCC1.[B]CC(=O)Cl. The minimum atomic E-state index is -0.495. The van der Waals surface area contributed by atoms with E-state index in [1.54, 1.807) is 4.90 Å². The quantitative estimate of drug-likeness (QED) is 0.576. The van der Waals surface area contributed by atoms with Crippen LogP contribution in [0.25, 0.3) is 0 Å². The zero-order valence-corrected chi connectivity index (χ0v) is 11.9. The van der Waals surface area contributed by atoms with Gasteiger partial charge in [0.1, 0.15) is 5.60 Å². The standard InChI is InChI=1S/C9H18N2O2.C2H2BClO/c1-9(2,3)13-8(12)11-6-4-10-5-7-11;3-1-2(4)5/h10H,4-7H2,1-3H3;1H2. The van der Waals surface area contributed by atoms with Crippen LogP contribution < -0.4 is 5.32 Å². The number of carbonyl (C=O) groups excluding carboxylic acids is 2. The second kappa shape index (κ2) is 8.37. The highest BCUT2D eigenvalue weighted by Gasteiger charge is 2.22. The van der Waals surface area contributed by atoms with Crippen LogP contribution in [0.4, 0.5) is 4.79 Å². The fourth-order valence-corrected chi connectivity index (χ4v) is 1.17. The van der Waals surface area contributed by atoms with Crippen molar-refractivity contribution in [2.45, 2.75) is 32.7 Å². The van der Waals surface area contributed by atoms with Gasteiger partial charge in [-0.1, -0.05) is 0 Å². The van der Waals surface area contributed by atoms with Gasteiger partial charge in [0, 0.05) is 26.2 Å². The Morgan fingerprint density at radius 3 is 2.11 bits per heavy atom. The Hall–Kier alpha value is -0.745. The van der Waals surface area contributed by atoms with E-state index in [1.165, 1.54) is 0 Å². The molecule has 0 aromatic rings. The summed E-state index contributed by atoms with van der Waals surface area (Å²) in [7, 11) is 4.69. The molecule has 2 radical (unpaired) electrons. The summed E-state index contributed by atoms with van der Waals surface area (Å²) in [5.74, 6) is 0. The lowest BCUT2D eigenvalue weighted by Gasteiger charge is -2.30. The third-order valence-electron chi connectivity index (χ3n) is 1.93. The predicted octanol–water partition coefficient (Wildman–Crippen LogP) is 1.17. The van der Waals surface area contributed by atoms with Crippen molar-refractivity contribution in [3.8, 4) is 0 Å². The first-order valence-electron chi connectivity index (χ1n) is 5.83. The van der Waals surface area contributed by atoms with Gasteiger partial charge >= 0.3 is 6.09 Å². The molecule has 1 aliphatic heterocycles. The van der Waals surface area contributed by atoms with Crippen LogP contribution in [-0.2, 0) is 9.53 Å². The third-order valence-corrected chi connectivity index (χ3v) is 2.08. The van der Waals surface area contributed by atoms with Crippen molar-refractivity contribution in [2.75, 3.05) is 26.2 Å². The number of halogens is 1. The molecule has 102 valence electrons. The first kappa shape index (κ1) is 17.3. The molecular weight excluding hydrogens is 254 g/mol. The molecule has 5 nitrogen and oxygen atoms in total. The van der Waals surface area contributed by atoms with E-state index in [0.717, 1.165) is 26.2 Å². The van der Waals surface area contributed by atoms with Gasteiger partial charge in [0.05, 0.1) is 7.85 Å². The normalized spacial score (nSPS) is 15.4. The van der Waals surface area contributed by atoms with Crippen LogP contribution in [-0.4, -0.2) is 55.9 Å². The van der Waals surface area contributed by atoms with E-state index in [0.29, 0.717) is 0 Å². The Morgan fingerprint density at radius 2 is 1.78 bits per heavy atom. The van der Waals surface area contributed by atoms with Gasteiger partial charge in [-0.25, -0.2) is 4.79 Å². The molecule has 0 aromatic carbocycles. The molecule has 1 heterocycles. The zero-order chi connectivity index (χ0) is 14.2. The molecule has 0 unspecified atom stereocenters. The number of nitrogens with one attached hydrogen (secondary N) is 1. The molecule has 18 heavy (non-hydrogen) atoms. The van der Waals surface area contributed by atoms with Crippen LogP contribution in [0.2, 0.25) is 6.32 Å². The number of nitrogens with zero attached hydrogens (tertiary/aromatic N) is 1. The van der Waals surface area contributed by atoms with E-state index >= 15 is 0 Å². The molecular formula is C11H20BClN2O3. The molecule has 1 rings (SSSR count). The van der Waals surface area contributed by atoms with Gasteiger partial charge in [0.25, 0.3) is 0 Å². The van der Waals surface area contributed by atoms with E-state index in [-0.39, 0.29) is 18.0 Å². The number of piperazine rings is 1. The molecule has 0 saturated carbocycles. The summed E-state index contributed by atoms with van der Waals surface area (Å²) in [5, 5.41) is 2.69. The second-order valence-corrected chi connectivity index (χ2v) is 5.20. The zero-order valence-electron chi connectivity index (χ0n) is 11.2. The van der Waals surface area contributed by atoms with E-state index < -0.39 is 5.24 Å². The molecule has 0 spiro atoms. The maximum atomic E-state index is 11.5. The summed E-state index contributed by atoms with van der Waals surface area (Å²) >= 11 is 4.70.